The van der Waals surface area contributed by atoms with E-state index in [0.29, 0.717) is 0 Å². The van der Waals surface area contributed by atoms with Crippen molar-refractivity contribution in [3.05, 3.63) is 0 Å². The number of rotatable bonds is 8. The summed E-state index contributed by atoms with van der Waals surface area (Å²) >= 11 is 0. The van der Waals surface area contributed by atoms with Crippen LogP contribution in [-0.4, -0.2) is 38.5 Å². The summed E-state index contributed by atoms with van der Waals surface area (Å²) in [6, 6.07) is 0. The second-order valence-electron chi connectivity index (χ2n) is 5.37. The summed E-state index contributed by atoms with van der Waals surface area (Å²) in [5, 5.41) is 3.41. The summed E-state index contributed by atoms with van der Waals surface area (Å²) in [4.78, 5) is 0. The molecule has 0 spiro atoms. The van der Waals surface area contributed by atoms with Gasteiger partial charge in [-0.05, 0) is 32.1 Å². The third kappa shape index (κ3) is 5.83. The second kappa shape index (κ2) is 7.25. The van der Waals surface area contributed by atoms with Crippen molar-refractivity contribution in [1.82, 2.24) is 5.32 Å². The Morgan fingerprint density at radius 1 is 1.38 bits per heavy atom. The van der Waals surface area contributed by atoms with Crippen LogP contribution in [-0.2, 0) is 9.47 Å². The first-order valence-corrected chi connectivity index (χ1v) is 6.55. The molecule has 0 aliphatic carbocycles. The Labute approximate surface area is 99.9 Å². The number of ether oxygens (including phenoxy) is 2. The standard InChI is InChI=1S/C13H27NO2/c1-12(2)5-9-15-10-7-14-11-13(3)6-4-8-16-13/h12,14H,4-11H2,1-3H3. The van der Waals surface area contributed by atoms with Crippen LogP contribution in [0.4, 0.5) is 0 Å². The van der Waals surface area contributed by atoms with Gasteiger partial charge in [0.2, 0.25) is 0 Å². The highest BCUT2D eigenvalue weighted by molar-refractivity contribution is 4.82. The molecule has 1 unspecified atom stereocenters. The van der Waals surface area contributed by atoms with E-state index in [9.17, 15) is 0 Å². The van der Waals surface area contributed by atoms with Gasteiger partial charge in [-0.1, -0.05) is 13.8 Å². The highest BCUT2D eigenvalue weighted by Gasteiger charge is 2.28. The van der Waals surface area contributed by atoms with Crippen molar-refractivity contribution in [3.63, 3.8) is 0 Å². The summed E-state index contributed by atoms with van der Waals surface area (Å²) in [6.45, 7) is 11.1. The van der Waals surface area contributed by atoms with E-state index in [1.165, 1.54) is 12.8 Å². The first-order valence-electron chi connectivity index (χ1n) is 6.55. The maximum absolute atomic E-state index is 5.70. The minimum absolute atomic E-state index is 0.0674. The van der Waals surface area contributed by atoms with Gasteiger partial charge in [-0.25, -0.2) is 0 Å². The van der Waals surface area contributed by atoms with Crippen molar-refractivity contribution in [3.8, 4) is 0 Å². The summed E-state index contributed by atoms with van der Waals surface area (Å²) in [6.07, 6.45) is 3.53. The number of hydrogen-bond donors (Lipinski definition) is 1. The molecule has 1 saturated heterocycles. The third-order valence-corrected chi connectivity index (χ3v) is 3.06. The van der Waals surface area contributed by atoms with E-state index in [1.54, 1.807) is 0 Å². The van der Waals surface area contributed by atoms with Crippen LogP contribution >= 0.6 is 0 Å². The predicted molar refractivity (Wildman–Crippen MR) is 66.7 cm³/mol. The van der Waals surface area contributed by atoms with Gasteiger partial charge in [0.25, 0.3) is 0 Å². The molecule has 0 aromatic heterocycles. The molecule has 0 saturated carbocycles. The SMILES string of the molecule is CC(C)CCOCCNCC1(C)CCCO1. The van der Waals surface area contributed by atoms with Crippen molar-refractivity contribution in [2.45, 2.75) is 45.6 Å². The highest BCUT2D eigenvalue weighted by Crippen LogP contribution is 2.23. The normalized spacial score (nSPS) is 25.5. The first kappa shape index (κ1) is 13.9. The van der Waals surface area contributed by atoms with E-state index in [2.05, 4.69) is 26.1 Å². The van der Waals surface area contributed by atoms with Gasteiger partial charge in [0, 0.05) is 26.3 Å². The monoisotopic (exact) mass is 229 g/mol. The summed E-state index contributed by atoms with van der Waals surface area (Å²) in [5.41, 5.74) is 0.0674. The lowest BCUT2D eigenvalue weighted by Gasteiger charge is -2.23. The minimum Gasteiger partial charge on any atom is -0.380 e. The smallest absolute Gasteiger partial charge is 0.0779 e. The van der Waals surface area contributed by atoms with Crippen molar-refractivity contribution >= 4 is 0 Å². The van der Waals surface area contributed by atoms with Gasteiger partial charge in [-0.15, -0.1) is 0 Å². The van der Waals surface area contributed by atoms with Crippen LogP contribution in [0, 0.1) is 5.92 Å². The molecule has 0 amide bonds. The molecule has 1 heterocycles. The van der Waals surface area contributed by atoms with Gasteiger partial charge in [0.05, 0.1) is 12.2 Å². The summed E-state index contributed by atoms with van der Waals surface area (Å²) in [5.74, 6) is 0.735. The Morgan fingerprint density at radius 3 is 2.81 bits per heavy atom. The molecule has 1 aliphatic heterocycles. The van der Waals surface area contributed by atoms with Crippen LogP contribution in [0.1, 0.15) is 40.0 Å². The maximum Gasteiger partial charge on any atom is 0.0779 e. The van der Waals surface area contributed by atoms with Crippen molar-refractivity contribution in [1.29, 1.82) is 0 Å². The first-order chi connectivity index (χ1) is 7.62. The van der Waals surface area contributed by atoms with Crippen molar-refractivity contribution in [2.24, 2.45) is 5.92 Å². The molecule has 1 rings (SSSR count). The Kier molecular flexibility index (Phi) is 6.32. The molecule has 1 atom stereocenters. The average Bonchev–Trinajstić information content (AvgIpc) is 2.64. The van der Waals surface area contributed by atoms with Gasteiger partial charge in [-0.2, -0.15) is 0 Å². The fraction of sp³-hybridized carbons (Fsp3) is 1.00. The predicted octanol–water partition coefficient (Wildman–Crippen LogP) is 2.21. The maximum atomic E-state index is 5.70. The molecular weight excluding hydrogens is 202 g/mol. The van der Waals surface area contributed by atoms with E-state index in [-0.39, 0.29) is 5.60 Å². The number of nitrogens with one attached hydrogen (secondary N) is 1. The fourth-order valence-corrected chi connectivity index (χ4v) is 1.89. The van der Waals surface area contributed by atoms with Crippen molar-refractivity contribution < 1.29 is 9.47 Å². The Morgan fingerprint density at radius 2 is 2.19 bits per heavy atom. The van der Waals surface area contributed by atoms with Crippen LogP contribution in [0.5, 0.6) is 0 Å². The molecule has 0 radical (unpaired) electrons. The number of hydrogen-bond acceptors (Lipinski definition) is 3. The average molecular weight is 229 g/mol. The fourth-order valence-electron chi connectivity index (χ4n) is 1.89. The lowest BCUT2D eigenvalue weighted by molar-refractivity contribution is 0.0191. The Bertz CT molecular complexity index is 177. The topological polar surface area (TPSA) is 30.5 Å². The Hall–Kier alpha value is -0.120. The van der Waals surface area contributed by atoms with E-state index < -0.39 is 0 Å². The van der Waals surface area contributed by atoms with Crippen LogP contribution in [0.25, 0.3) is 0 Å². The van der Waals surface area contributed by atoms with Gasteiger partial charge >= 0.3 is 0 Å². The molecule has 96 valence electrons. The third-order valence-electron chi connectivity index (χ3n) is 3.06. The van der Waals surface area contributed by atoms with Gasteiger partial charge in [0.15, 0.2) is 0 Å². The van der Waals surface area contributed by atoms with E-state index >= 15 is 0 Å². The quantitative estimate of drug-likeness (QED) is 0.647. The molecule has 1 N–H and O–H groups in total. The largest absolute Gasteiger partial charge is 0.380 e. The van der Waals surface area contributed by atoms with Crippen LogP contribution in [0.15, 0.2) is 0 Å². The molecule has 0 bridgehead atoms. The van der Waals surface area contributed by atoms with Crippen molar-refractivity contribution in [2.75, 3.05) is 32.9 Å². The van der Waals surface area contributed by atoms with Crippen LogP contribution in [0.3, 0.4) is 0 Å². The molecule has 0 aromatic carbocycles. The van der Waals surface area contributed by atoms with Gasteiger partial charge < -0.3 is 14.8 Å². The van der Waals surface area contributed by atoms with Crippen LogP contribution in [0.2, 0.25) is 0 Å². The van der Waals surface area contributed by atoms with Crippen LogP contribution < -0.4 is 5.32 Å². The van der Waals surface area contributed by atoms with Gasteiger partial charge in [-0.3, -0.25) is 0 Å². The summed E-state index contributed by atoms with van der Waals surface area (Å²) < 4.78 is 11.2. The Balaban J connectivity index is 1.88. The molecule has 1 fully saturated rings. The van der Waals surface area contributed by atoms with E-state index in [0.717, 1.165) is 45.2 Å². The van der Waals surface area contributed by atoms with E-state index in [1.807, 2.05) is 0 Å². The molecule has 0 aromatic rings. The minimum atomic E-state index is 0.0674. The molecule has 1 aliphatic rings. The summed E-state index contributed by atoms with van der Waals surface area (Å²) in [7, 11) is 0. The lowest BCUT2D eigenvalue weighted by Crippen LogP contribution is -2.38. The lowest BCUT2D eigenvalue weighted by atomic mass is 10.0. The molecular formula is C13H27NO2. The molecule has 3 nitrogen and oxygen atoms in total. The zero-order chi connectivity index (χ0) is 11.9. The second-order valence-corrected chi connectivity index (χ2v) is 5.37. The highest BCUT2D eigenvalue weighted by atomic mass is 16.5. The zero-order valence-corrected chi connectivity index (χ0v) is 11.1. The zero-order valence-electron chi connectivity index (χ0n) is 11.1. The van der Waals surface area contributed by atoms with E-state index in [4.69, 9.17) is 9.47 Å². The van der Waals surface area contributed by atoms with Gasteiger partial charge in [0.1, 0.15) is 0 Å². The molecule has 3 heteroatoms. The molecule has 16 heavy (non-hydrogen) atoms.